The molecule has 0 aromatic heterocycles. The fraction of sp³-hybridized carbons (Fsp3) is 0.0625. The zero-order chi connectivity index (χ0) is 12.1. The molecule has 0 saturated heterocycles. The summed E-state index contributed by atoms with van der Waals surface area (Å²) in [5, 5.41) is 0. The Morgan fingerprint density at radius 1 is 0.882 bits per heavy atom. The van der Waals surface area contributed by atoms with Crippen molar-refractivity contribution in [2.45, 2.75) is 6.92 Å². The fourth-order valence-corrected chi connectivity index (χ4v) is 1.70. The van der Waals surface area contributed by atoms with Crippen molar-refractivity contribution in [2.24, 2.45) is 0 Å². The average molecular weight is 222 g/mol. The molecule has 0 spiro atoms. The maximum atomic E-state index is 10.9. The maximum absolute atomic E-state index is 10.9. The van der Waals surface area contributed by atoms with Gasteiger partial charge in [0.25, 0.3) is 0 Å². The van der Waals surface area contributed by atoms with Crippen LogP contribution >= 0.6 is 0 Å². The molecule has 1 heteroatoms. The van der Waals surface area contributed by atoms with Crippen molar-refractivity contribution in [3.8, 4) is 0 Å². The predicted octanol–water partition coefficient (Wildman–Crippen LogP) is 3.98. The first-order valence-electron chi connectivity index (χ1n) is 5.58. The zero-order valence-corrected chi connectivity index (χ0v) is 9.76. The number of aryl methyl sites for hydroxylation is 1. The highest BCUT2D eigenvalue weighted by atomic mass is 16.1. The molecule has 1 nitrogen and oxygen atoms in total. The lowest BCUT2D eigenvalue weighted by Crippen LogP contribution is -1.86. The fourth-order valence-electron chi connectivity index (χ4n) is 1.70. The Morgan fingerprint density at radius 2 is 1.65 bits per heavy atom. The molecule has 0 atom stereocenters. The third-order valence-corrected chi connectivity index (χ3v) is 2.62. The van der Waals surface area contributed by atoms with Gasteiger partial charge in [-0.05, 0) is 18.1 Å². The summed E-state index contributed by atoms with van der Waals surface area (Å²) >= 11 is 0. The summed E-state index contributed by atoms with van der Waals surface area (Å²) in [6, 6.07) is 15.9. The third kappa shape index (κ3) is 2.91. The Morgan fingerprint density at radius 3 is 2.35 bits per heavy atom. The minimum absolute atomic E-state index is 0.725. The smallest absolute Gasteiger partial charge is 0.150 e. The van der Waals surface area contributed by atoms with Gasteiger partial charge in [-0.15, -0.1) is 0 Å². The van der Waals surface area contributed by atoms with Gasteiger partial charge in [0.1, 0.15) is 0 Å². The molecule has 0 N–H and O–H groups in total. The van der Waals surface area contributed by atoms with Crippen LogP contribution in [0.2, 0.25) is 0 Å². The zero-order valence-electron chi connectivity index (χ0n) is 9.76. The van der Waals surface area contributed by atoms with E-state index in [1.165, 1.54) is 0 Å². The number of benzene rings is 2. The van der Waals surface area contributed by atoms with E-state index in [1.54, 1.807) is 0 Å². The first-order chi connectivity index (χ1) is 8.29. The van der Waals surface area contributed by atoms with Crippen LogP contribution in [-0.2, 0) is 0 Å². The second kappa shape index (κ2) is 5.26. The van der Waals surface area contributed by atoms with E-state index < -0.39 is 0 Å². The normalized spacial score (nSPS) is 10.6. The number of hydrogen-bond acceptors (Lipinski definition) is 1. The highest BCUT2D eigenvalue weighted by Gasteiger charge is 1.97. The summed E-state index contributed by atoms with van der Waals surface area (Å²) in [6.07, 6.45) is 4.89. The summed E-state index contributed by atoms with van der Waals surface area (Å²) in [4.78, 5) is 10.9. The van der Waals surface area contributed by atoms with Crippen LogP contribution in [0.3, 0.4) is 0 Å². The van der Waals surface area contributed by atoms with Gasteiger partial charge < -0.3 is 0 Å². The molecule has 0 saturated carbocycles. The molecule has 84 valence electrons. The SMILES string of the molecule is Cc1ccc(C=O)c(C=Cc2ccccc2)c1. The summed E-state index contributed by atoms with van der Waals surface area (Å²) in [5.74, 6) is 0. The quantitative estimate of drug-likeness (QED) is 0.567. The van der Waals surface area contributed by atoms with Gasteiger partial charge in [-0.3, -0.25) is 4.79 Å². The second-order valence-electron chi connectivity index (χ2n) is 3.99. The van der Waals surface area contributed by atoms with Gasteiger partial charge in [0, 0.05) is 5.56 Å². The molecule has 2 aromatic carbocycles. The van der Waals surface area contributed by atoms with Gasteiger partial charge in [0.05, 0.1) is 0 Å². The molecule has 17 heavy (non-hydrogen) atoms. The standard InChI is InChI=1S/C16H14O/c1-13-7-9-16(12-17)15(11-13)10-8-14-5-3-2-4-6-14/h2-12H,1H3. The Labute approximate surface area is 101 Å². The summed E-state index contributed by atoms with van der Waals surface area (Å²) in [5.41, 5.74) is 3.97. The molecule has 0 amide bonds. The van der Waals surface area contributed by atoms with Crippen molar-refractivity contribution in [3.63, 3.8) is 0 Å². The predicted molar refractivity (Wildman–Crippen MR) is 71.9 cm³/mol. The van der Waals surface area contributed by atoms with Crippen LogP contribution in [0, 0.1) is 6.92 Å². The van der Waals surface area contributed by atoms with Crippen LogP contribution < -0.4 is 0 Å². The van der Waals surface area contributed by atoms with Gasteiger partial charge in [0.15, 0.2) is 6.29 Å². The molecule has 0 aliphatic carbocycles. The van der Waals surface area contributed by atoms with Gasteiger partial charge in [-0.1, -0.05) is 66.2 Å². The lowest BCUT2D eigenvalue weighted by molar-refractivity contribution is 0.112. The van der Waals surface area contributed by atoms with Gasteiger partial charge >= 0.3 is 0 Å². The van der Waals surface area contributed by atoms with E-state index >= 15 is 0 Å². The molecule has 2 aromatic rings. The molecule has 0 unspecified atom stereocenters. The van der Waals surface area contributed by atoms with E-state index in [-0.39, 0.29) is 0 Å². The number of hydrogen-bond donors (Lipinski definition) is 0. The second-order valence-corrected chi connectivity index (χ2v) is 3.99. The lowest BCUT2D eigenvalue weighted by atomic mass is 10.0. The van der Waals surface area contributed by atoms with E-state index in [1.807, 2.05) is 67.6 Å². The van der Waals surface area contributed by atoms with Crippen LogP contribution in [-0.4, -0.2) is 6.29 Å². The van der Waals surface area contributed by atoms with Gasteiger partial charge in [-0.2, -0.15) is 0 Å². The van der Waals surface area contributed by atoms with E-state index in [2.05, 4.69) is 0 Å². The summed E-state index contributed by atoms with van der Waals surface area (Å²) in [7, 11) is 0. The largest absolute Gasteiger partial charge is 0.298 e. The van der Waals surface area contributed by atoms with Crippen LogP contribution in [0.1, 0.15) is 27.0 Å². The highest BCUT2D eigenvalue weighted by Crippen LogP contribution is 2.14. The first kappa shape index (κ1) is 11.3. The van der Waals surface area contributed by atoms with Gasteiger partial charge in [-0.25, -0.2) is 0 Å². The molecule has 0 aliphatic rings. The Kier molecular flexibility index (Phi) is 3.51. The molecule has 0 fully saturated rings. The molecular formula is C16H14O. The van der Waals surface area contributed by atoms with Crippen LogP contribution in [0.4, 0.5) is 0 Å². The number of rotatable bonds is 3. The molecule has 0 bridgehead atoms. The Hall–Kier alpha value is -2.15. The van der Waals surface area contributed by atoms with Crippen molar-refractivity contribution in [2.75, 3.05) is 0 Å². The number of carbonyl (C=O) groups is 1. The number of aldehydes is 1. The van der Waals surface area contributed by atoms with Crippen LogP contribution in [0.25, 0.3) is 12.2 Å². The molecule has 0 heterocycles. The first-order valence-corrected chi connectivity index (χ1v) is 5.58. The van der Waals surface area contributed by atoms with Crippen molar-refractivity contribution < 1.29 is 4.79 Å². The molecular weight excluding hydrogens is 208 g/mol. The third-order valence-electron chi connectivity index (χ3n) is 2.62. The number of carbonyl (C=O) groups excluding carboxylic acids is 1. The van der Waals surface area contributed by atoms with Crippen molar-refractivity contribution >= 4 is 18.4 Å². The van der Waals surface area contributed by atoms with E-state index in [4.69, 9.17) is 0 Å². The van der Waals surface area contributed by atoms with E-state index in [0.29, 0.717) is 0 Å². The van der Waals surface area contributed by atoms with Crippen molar-refractivity contribution in [1.29, 1.82) is 0 Å². The lowest BCUT2D eigenvalue weighted by Gasteiger charge is -2.00. The topological polar surface area (TPSA) is 17.1 Å². The molecule has 0 aliphatic heterocycles. The van der Waals surface area contributed by atoms with Gasteiger partial charge in [0.2, 0.25) is 0 Å². The Bertz CT molecular complexity index is 539. The van der Waals surface area contributed by atoms with Crippen molar-refractivity contribution in [1.82, 2.24) is 0 Å². The Balaban J connectivity index is 2.32. The summed E-state index contributed by atoms with van der Waals surface area (Å²) in [6.45, 7) is 2.02. The minimum Gasteiger partial charge on any atom is -0.298 e. The highest BCUT2D eigenvalue weighted by molar-refractivity contribution is 5.85. The van der Waals surface area contributed by atoms with Crippen molar-refractivity contribution in [3.05, 3.63) is 70.8 Å². The van der Waals surface area contributed by atoms with E-state index in [0.717, 1.165) is 28.5 Å². The van der Waals surface area contributed by atoms with Crippen LogP contribution in [0.5, 0.6) is 0 Å². The summed E-state index contributed by atoms with van der Waals surface area (Å²) < 4.78 is 0. The van der Waals surface area contributed by atoms with E-state index in [9.17, 15) is 4.79 Å². The monoisotopic (exact) mass is 222 g/mol. The average Bonchev–Trinajstić information content (AvgIpc) is 2.38. The minimum atomic E-state index is 0.725. The molecule has 2 rings (SSSR count). The van der Waals surface area contributed by atoms with Crippen LogP contribution in [0.15, 0.2) is 48.5 Å². The maximum Gasteiger partial charge on any atom is 0.150 e. The molecule has 0 radical (unpaired) electrons.